The molecule has 2 aromatic carbocycles. The minimum Gasteiger partial charge on any atom is -0.506 e. The summed E-state index contributed by atoms with van der Waals surface area (Å²) in [4.78, 5) is 18.8. The minimum atomic E-state index is -0.298. The molecule has 132 valence electrons. The van der Waals surface area contributed by atoms with Gasteiger partial charge in [0.15, 0.2) is 0 Å². The maximum absolute atomic E-state index is 12.6. The molecule has 1 aliphatic heterocycles. The van der Waals surface area contributed by atoms with Crippen molar-refractivity contribution in [2.75, 3.05) is 11.9 Å². The lowest BCUT2D eigenvalue weighted by Crippen LogP contribution is -2.34. The molecule has 4 rings (SSSR count). The molecule has 7 heteroatoms. The number of likely N-dealkylation sites (tertiary alicyclic amines) is 1. The van der Waals surface area contributed by atoms with Gasteiger partial charge in [-0.25, -0.2) is 4.79 Å². The number of nitrogens with one attached hydrogen (secondary N) is 1. The number of phenolic OH excluding ortho intramolecular Hbond substituents is 1. The van der Waals surface area contributed by atoms with E-state index < -0.39 is 0 Å². The van der Waals surface area contributed by atoms with E-state index in [1.54, 1.807) is 23.1 Å². The first-order valence-electron chi connectivity index (χ1n) is 8.47. The molecule has 1 saturated heterocycles. The molecule has 1 atom stereocenters. The van der Waals surface area contributed by atoms with Crippen LogP contribution >= 0.6 is 0 Å². The van der Waals surface area contributed by atoms with Crippen molar-refractivity contribution >= 4 is 11.7 Å². The van der Waals surface area contributed by atoms with Crippen molar-refractivity contribution in [3.8, 4) is 17.1 Å². The number of anilines is 1. The van der Waals surface area contributed by atoms with E-state index in [2.05, 4.69) is 15.5 Å². The summed E-state index contributed by atoms with van der Waals surface area (Å²) in [6, 6.07) is 15.6. The molecule has 3 aromatic rings. The quantitative estimate of drug-likeness (QED) is 0.701. The number of hydrogen-bond donors (Lipinski definition) is 2. The number of rotatable bonds is 3. The summed E-state index contributed by atoms with van der Waals surface area (Å²) < 4.78 is 5.43. The SMILES string of the molecule is O=C(Nc1ccccc1O)N1CCC[C@H]1c1nc(-c2ccccc2)no1. The summed E-state index contributed by atoms with van der Waals surface area (Å²) in [6.07, 6.45) is 1.60. The van der Waals surface area contributed by atoms with E-state index in [1.165, 1.54) is 6.07 Å². The molecule has 7 nitrogen and oxygen atoms in total. The van der Waals surface area contributed by atoms with Crippen molar-refractivity contribution in [1.29, 1.82) is 0 Å². The van der Waals surface area contributed by atoms with Crippen molar-refractivity contribution < 1.29 is 14.4 Å². The fourth-order valence-corrected chi connectivity index (χ4v) is 3.11. The fraction of sp³-hybridized carbons (Fsp3) is 0.211. The number of phenols is 1. The van der Waals surface area contributed by atoms with E-state index >= 15 is 0 Å². The number of para-hydroxylation sites is 2. The molecule has 2 heterocycles. The van der Waals surface area contributed by atoms with E-state index in [9.17, 15) is 9.90 Å². The van der Waals surface area contributed by atoms with Crippen LogP contribution in [-0.4, -0.2) is 32.7 Å². The van der Waals surface area contributed by atoms with Crippen LogP contribution in [0.2, 0.25) is 0 Å². The lowest BCUT2D eigenvalue weighted by Gasteiger charge is -2.22. The normalized spacial score (nSPS) is 16.6. The summed E-state index contributed by atoms with van der Waals surface area (Å²) in [7, 11) is 0. The van der Waals surface area contributed by atoms with Crippen LogP contribution in [0.1, 0.15) is 24.8 Å². The molecular formula is C19H18N4O3. The van der Waals surface area contributed by atoms with Gasteiger partial charge in [0.2, 0.25) is 11.7 Å². The number of carbonyl (C=O) groups is 1. The van der Waals surface area contributed by atoms with Crippen molar-refractivity contribution in [3.63, 3.8) is 0 Å². The topological polar surface area (TPSA) is 91.5 Å². The smallest absolute Gasteiger partial charge is 0.322 e. The van der Waals surface area contributed by atoms with Gasteiger partial charge in [-0.3, -0.25) is 0 Å². The van der Waals surface area contributed by atoms with E-state index in [1.807, 2.05) is 30.3 Å². The van der Waals surface area contributed by atoms with E-state index in [4.69, 9.17) is 4.52 Å². The van der Waals surface area contributed by atoms with Crippen molar-refractivity contribution in [2.45, 2.75) is 18.9 Å². The van der Waals surface area contributed by atoms with Gasteiger partial charge in [-0.1, -0.05) is 47.6 Å². The Bertz CT molecular complexity index is 910. The van der Waals surface area contributed by atoms with Gasteiger partial charge in [0.25, 0.3) is 0 Å². The molecule has 2 amide bonds. The minimum absolute atomic E-state index is 0.0285. The van der Waals surface area contributed by atoms with Crippen molar-refractivity contribution in [1.82, 2.24) is 15.0 Å². The zero-order chi connectivity index (χ0) is 17.9. The number of urea groups is 1. The number of benzene rings is 2. The monoisotopic (exact) mass is 350 g/mol. The fourth-order valence-electron chi connectivity index (χ4n) is 3.11. The summed E-state index contributed by atoms with van der Waals surface area (Å²) in [5.41, 5.74) is 1.24. The number of carbonyl (C=O) groups excluding carboxylic acids is 1. The third-order valence-electron chi connectivity index (χ3n) is 4.42. The summed E-state index contributed by atoms with van der Waals surface area (Å²) in [5.74, 6) is 0.961. The van der Waals surface area contributed by atoms with E-state index in [0.717, 1.165) is 18.4 Å². The van der Waals surface area contributed by atoms with Gasteiger partial charge in [0, 0.05) is 12.1 Å². The van der Waals surface area contributed by atoms with Crippen LogP contribution < -0.4 is 5.32 Å². The molecule has 0 spiro atoms. The Kier molecular flexibility index (Phi) is 4.27. The highest BCUT2D eigenvalue weighted by atomic mass is 16.5. The Hall–Kier alpha value is -3.35. The second-order valence-electron chi connectivity index (χ2n) is 6.12. The zero-order valence-corrected chi connectivity index (χ0v) is 14.0. The predicted octanol–water partition coefficient (Wildman–Crippen LogP) is 3.81. The average molecular weight is 350 g/mol. The predicted molar refractivity (Wildman–Crippen MR) is 95.5 cm³/mol. The van der Waals surface area contributed by atoms with Crippen LogP contribution in [0.3, 0.4) is 0 Å². The summed E-state index contributed by atoms with van der Waals surface area (Å²) >= 11 is 0. The Morgan fingerprint density at radius 1 is 1.15 bits per heavy atom. The summed E-state index contributed by atoms with van der Waals surface area (Å²) in [6.45, 7) is 0.590. The molecule has 1 aliphatic rings. The van der Waals surface area contributed by atoms with Gasteiger partial charge in [-0.15, -0.1) is 0 Å². The van der Waals surface area contributed by atoms with Gasteiger partial charge in [0.1, 0.15) is 11.8 Å². The largest absolute Gasteiger partial charge is 0.506 e. The molecule has 26 heavy (non-hydrogen) atoms. The summed E-state index contributed by atoms with van der Waals surface area (Å²) in [5, 5.41) is 16.6. The molecule has 0 radical (unpaired) electrons. The first-order chi connectivity index (χ1) is 12.7. The highest BCUT2D eigenvalue weighted by molar-refractivity contribution is 5.91. The molecular weight excluding hydrogens is 332 g/mol. The van der Waals surface area contributed by atoms with Gasteiger partial charge < -0.3 is 19.8 Å². The lowest BCUT2D eigenvalue weighted by molar-refractivity contribution is 0.193. The number of hydrogen-bond acceptors (Lipinski definition) is 5. The van der Waals surface area contributed by atoms with E-state index in [0.29, 0.717) is 23.9 Å². The molecule has 1 fully saturated rings. The molecule has 2 N–H and O–H groups in total. The van der Waals surface area contributed by atoms with Gasteiger partial charge in [0.05, 0.1) is 5.69 Å². The third-order valence-corrected chi connectivity index (χ3v) is 4.42. The Balaban J connectivity index is 1.53. The standard InChI is InChI=1S/C19H18N4O3/c24-16-11-5-4-9-14(16)20-19(25)23-12-6-10-15(23)18-21-17(22-26-18)13-7-2-1-3-8-13/h1-5,7-9,11,15,24H,6,10,12H2,(H,20,25)/t15-/m0/s1. The maximum atomic E-state index is 12.6. The van der Waals surface area contributed by atoms with Crippen LogP contribution in [0.4, 0.5) is 10.5 Å². The second-order valence-corrected chi connectivity index (χ2v) is 6.12. The molecule has 0 unspecified atom stereocenters. The Labute approximate surface area is 150 Å². The highest BCUT2D eigenvalue weighted by Crippen LogP contribution is 2.33. The maximum Gasteiger partial charge on any atom is 0.322 e. The van der Waals surface area contributed by atoms with Gasteiger partial charge >= 0.3 is 6.03 Å². The number of aromatic nitrogens is 2. The average Bonchev–Trinajstić information content (AvgIpc) is 3.33. The second kappa shape index (κ2) is 6.87. The molecule has 0 bridgehead atoms. The number of amides is 2. The Morgan fingerprint density at radius 2 is 1.92 bits per heavy atom. The Morgan fingerprint density at radius 3 is 2.73 bits per heavy atom. The van der Waals surface area contributed by atoms with Crippen LogP contribution in [0.25, 0.3) is 11.4 Å². The first-order valence-corrected chi connectivity index (χ1v) is 8.47. The molecule has 1 aromatic heterocycles. The van der Waals surface area contributed by atoms with Crippen molar-refractivity contribution in [2.24, 2.45) is 0 Å². The van der Waals surface area contributed by atoms with Gasteiger partial charge in [-0.2, -0.15) is 4.98 Å². The zero-order valence-electron chi connectivity index (χ0n) is 14.0. The molecule has 0 saturated carbocycles. The van der Waals surface area contributed by atoms with Crippen LogP contribution in [0, 0.1) is 0 Å². The number of aromatic hydroxyl groups is 1. The van der Waals surface area contributed by atoms with Crippen LogP contribution in [0.15, 0.2) is 59.1 Å². The van der Waals surface area contributed by atoms with Crippen molar-refractivity contribution in [3.05, 3.63) is 60.5 Å². The first kappa shape index (κ1) is 16.1. The van der Waals surface area contributed by atoms with Gasteiger partial charge in [-0.05, 0) is 25.0 Å². The highest BCUT2D eigenvalue weighted by Gasteiger charge is 2.34. The third kappa shape index (κ3) is 3.11. The van der Waals surface area contributed by atoms with E-state index in [-0.39, 0.29) is 17.8 Å². The van der Waals surface area contributed by atoms with Crippen LogP contribution in [0.5, 0.6) is 5.75 Å². The number of nitrogens with zero attached hydrogens (tertiary/aromatic N) is 3. The van der Waals surface area contributed by atoms with Crippen LogP contribution in [-0.2, 0) is 0 Å². The molecule has 0 aliphatic carbocycles. The lowest BCUT2D eigenvalue weighted by atomic mass is 10.2.